The van der Waals surface area contributed by atoms with Crippen LogP contribution >= 0.6 is 0 Å². The summed E-state index contributed by atoms with van der Waals surface area (Å²) in [7, 11) is 0. The maximum Gasteiger partial charge on any atom is 0.0678 e. The van der Waals surface area contributed by atoms with E-state index in [-0.39, 0.29) is 6.61 Å². The molecule has 1 N–H and O–H groups in total. The molecule has 7 heavy (non-hydrogen) atoms. The van der Waals surface area contributed by atoms with Crippen molar-refractivity contribution < 1.29 is 5.11 Å². The van der Waals surface area contributed by atoms with Gasteiger partial charge in [-0.25, -0.2) is 0 Å². The fourth-order valence-electron chi connectivity index (χ4n) is 0.624. The Labute approximate surface area is 43.0 Å². The van der Waals surface area contributed by atoms with Crippen molar-refractivity contribution in [2.45, 2.75) is 6.42 Å². The Kier molecular flexibility index (Phi) is 1.27. The molecule has 0 fully saturated rings. The number of hydrogen-bond acceptors (Lipinski definition) is 1. The summed E-state index contributed by atoms with van der Waals surface area (Å²) in [5.41, 5.74) is 1.04. The van der Waals surface area contributed by atoms with Crippen molar-refractivity contribution in [2.24, 2.45) is 0 Å². The molecule has 0 amide bonds. The zero-order chi connectivity index (χ0) is 5.11. The molecule has 1 aliphatic rings. The van der Waals surface area contributed by atoms with Crippen LogP contribution in [0.25, 0.3) is 0 Å². The van der Waals surface area contributed by atoms with Crippen LogP contribution < -0.4 is 0 Å². The van der Waals surface area contributed by atoms with E-state index in [1.807, 2.05) is 18.2 Å². The Bertz CT molecular complexity index is 111. The van der Waals surface area contributed by atoms with Crippen LogP contribution in [-0.4, -0.2) is 11.7 Å². The van der Waals surface area contributed by atoms with Gasteiger partial charge in [-0.2, -0.15) is 0 Å². The molecule has 0 atom stereocenters. The molecule has 1 aliphatic carbocycles. The van der Waals surface area contributed by atoms with Crippen molar-refractivity contribution in [2.75, 3.05) is 6.61 Å². The van der Waals surface area contributed by atoms with E-state index in [9.17, 15) is 0 Å². The Morgan fingerprint density at radius 2 is 2.57 bits per heavy atom. The Hall–Kier alpha value is -0.560. The van der Waals surface area contributed by atoms with E-state index in [0.29, 0.717) is 0 Å². The summed E-state index contributed by atoms with van der Waals surface area (Å²) in [5, 5.41) is 8.45. The molecular formula is C6H8O. The molecule has 1 rings (SSSR count). The van der Waals surface area contributed by atoms with Crippen molar-refractivity contribution in [3.8, 4) is 0 Å². The van der Waals surface area contributed by atoms with Crippen LogP contribution in [0.4, 0.5) is 0 Å². The second-order valence-electron chi connectivity index (χ2n) is 1.58. The molecule has 0 radical (unpaired) electrons. The molecule has 0 bridgehead atoms. The number of rotatable bonds is 1. The van der Waals surface area contributed by atoms with Gasteiger partial charge in [0.25, 0.3) is 0 Å². The first-order chi connectivity index (χ1) is 3.43. The van der Waals surface area contributed by atoms with E-state index < -0.39 is 0 Å². The monoisotopic (exact) mass is 96.1 g/mol. The van der Waals surface area contributed by atoms with Crippen molar-refractivity contribution in [3.05, 3.63) is 23.8 Å². The fourth-order valence-corrected chi connectivity index (χ4v) is 0.624. The van der Waals surface area contributed by atoms with E-state index in [1.165, 1.54) is 0 Å². The van der Waals surface area contributed by atoms with Crippen molar-refractivity contribution in [3.63, 3.8) is 0 Å². The zero-order valence-corrected chi connectivity index (χ0v) is 4.09. The molecular weight excluding hydrogens is 88.1 g/mol. The maximum atomic E-state index is 8.45. The molecule has 0 spiro atoms. The topological polar surface area (TPSA) is 20.2 Å². The highest BCUT2D eigenvalue weighted by Crippen LogP contribution is 2.05. The number of hydrogen-bond donors (Lipinski definition) is 1. The first-order valence-electron chi connectivity index (χ1n) is 2.40. The highest BCUT2D eigenvalue weighted by atomic mass is 16.3. The van der Waals surface area contributed by atoms with Crippen LogP contribution in [0.15, 0.2) is 23.8 Å². The van der Waals surface area contributed by atoms with Crippen LogP contribution in [0.1, 0.15) is 6.42 Å². The second kappa shape index (κ2) is 1.94. The lowest BCUT2D eigenvalue weighted by molar-refractivity contribution is 0.335. The molecule has 0 unspecified atom stereocenters. The van der Waals surface area contributed by atoms with Crippen LogP contribution in [0.2, 0.25) is 0 Å². The molecule has 1 heteroatoms. The van der Waals surface area contributed by atoms with Gasteiger partial charge in [0.15, 0.2) is 0 Å². The van der Waals surface area contributed by atoms with E-state index in [1.54, 1.807) is 0 Å². The number of allylic oxidation sites excluding steroid dienone is 2. The summed E-state index contributed by atoms with van der Waals surface area (Å²) in [4.78, 5) is 0. The minimum atomic E-state index is 0.191. The Balaban J connectivity index is 2.52. The van der Waals surface area contributed by atoms with Gasteiger partial charge in [0, 0.05) is 0 Å². The molecule has 0 aromatic heterocycles. The molecule has 0 saturated carbocycles. The molecule has 1 nitrogen and oxygen atoms in total. The van der Waals surface area contributed by atoms with Gasteiger partial charge >= 0.3 is 0 Å². The van der Waals surface area contributed by atoms with E-state index >= 15 is 0 Å². The van der Waals surface area contributed by atoms with Crippen LogP contribution in [-0.2, 0) is 0 Å². The Morgan fingerprint density at radius 3 is 2.86 bits per heavy atom. The third-order valence-corrected chi connectivity index (χ3v) is 1.03. The summed E-state index contributed by atoms with van der Waals surface area (Å²) in [6.07, 6.45) is 6.99. The summed E-state index contributed by atoms with van der Waals surface area (Å²) >= 11 is 0. The minimum absolute atomic E-state index is 0.191. The largest absolute Gasteiger partial charge is 0.392 e. The lowest BCUT2D eigenvalue weighted by Gasteiger charge is -1.84. The summed E-state index contributed by atoms with van der Waals surface area (Å²) in [6, 6.07) is 0. The van der Waals surface area contributed by atoms with Crippen LogP contribution in [0.5, 0.6) is 0 Å². The predicted molar refractivity (Wildman–Crippen MR) is 28.9 cm³/mol. The van der Waals surface area contributed by atoms with Crippen LogP contribution in [0, 0.1) is 0 Å². The third kappa shape index (κ3) is 0.904. The van der Waals surface area contributed by atoms with Gasteiger partial charge in [-0.3, -0.25) is 0 Å². The lowest BCUT2D eigenvalue weighted by Crippen LogP contribution is -1.79. The van der Waals surface area contributed by atoms with Gasteiger partial charge < -0.3 is 5.11 Å². The van der Waals surface area contributed by atoms with Gasteiger partial charge in [0.05, 0.1) is 6.61 Å². The number of aliphatic hydroxyl groups is 1. The number of aliphatic hydroxyl groups excluding tert-OH is 1. The first kappa shape index (κ1) is 4.60. The van der Waals surface area contributed by atoms with Gasteiger partial charge in [-0.15, -0.1) is 0 Å². The van der Waals surface area contributed by atoms with E-state index in [2.05, 4.69) is 0 Å². The average molecular weight is 96.1 g/mol. The van der Waals surface area contributed by atoms with E-state index in [4.69, 9.17) is 5.11 Å². The second-order valence-corrected chi connectivity index (χ2v) is 1.58. The first-order valence-corrected chi connectivity index (χ1v) is 2.40. The quantitative estimate of drug-likeness (QED) is 0.513. The van der Waals surface area contributed by atoms with Crippen molar-refractivity contribution in [1.82, 2.24) is 0 Å². The van der Waals surface area contributed by atoms with Gasteiger partial charge in [-0.05, 0) is 12.0 Å². The Morgan fingerprint density at radius 1 is 1.71 bits per heavy atom. The minimum Gasteiger partial charge on any atom is -0.392 e. The van der Waals surface area contributed by atoms with Crippen LogP contribution in [0.3, 0.4) is 0 Å². The van der Waals surface area contributed by atoms with Gasteiger partial charge in [0.1, 0.15) is 0 Å². The maximum absolute atomic E-state index is 8.45. The average Bonchev–Trinajstić information content (AvgIpc) is 2.14. The molecule has 0 aliphatic heterocycles. The fraction of sp³-hybridized carbons (Fsp3) is 0.333. The molecule has 0 aromatic rings. The third-order valence-electron chi connectivity index (χ3n) is 1.03. The highest BCUT2D eigenvalue weighted by molar-refractivity contribution is 5.25. The molecule has 0 saturated heterocycles. The predicted octanol–water partition coefficient (Wildman–Crippen LogP) is 0.865. The molecule has 0 aromatic carbocycles. The van der Waals surface area contributed by atoms with E-state index in [0.717, 1.165) is 12.0 Å². The van der Waals surface area contributed by atoms with Gasteiger partial charge in [0.2, 0.25) is 0 Å². The summed E-state index contributed by atoms with van der Waals surface area (Å²) < 4.78 is 0. The summed E-state index contributed by atoms with van der Waals surface area (Å²) in [6.45, 7) is 0.191. The van der Waals surface area contributed by atoms with Gasteiger partial charge in [-0.1, -0.05) is 18.2 Å². The molecule has 38 valence electrons. The normalized spacial score (nSPS) is 17.6. The zero-order valence-electron chi connectivity index (χ0n) is 4.09. The smallest absolute Gasteiger partial charge is 0.0678 e. The highest BCUT2D eigenvalue weighted by Gasteiger charge is 1.91. The SMILES string of the molecule is OCC1=CCC=C1. The standard InChI is InChI=1S/C6H8O/c7-5-6-3-1-2-4-6/h1,3-4,7H,2,5H2. The summed E-state index contributed by atoms with van der Waals surface area (Å²) in [5.74, 6) is 0. The lowest BCUT2D eigenvalue weighted by atomic mass is 10.3. The van der Waals surface area contributed by atoms with Crippen molar-refractivity contribution in [1.29, 1.82) is 0 Å². The molecule has 0 heterocycles. The van der Waals surface area contributed by atoms with Crippen molar-refractivity contribution >= 4 is 0 Å².